The van der Waals surface area contributed by atoms with Crippen LogP contribution in [0.2, 0.25) is 0 Å². The Hall–Kier alpha value is -2.93. The van der Waals surface area contributed by atoms with E-state index in [0.717, 1.165) is 18.5 Å². The third kappa shape index (κ3) is 3.89. The summed E-state index contributed by atoms with van der Waals surface area (Å²) in [5, 5.41) is 6.27. The van der Waals surface area contributed by atoms with Gasteiger partial charge >= 0.3 is 6.03 Å². The number of carbonyl (C=O) groups is 1. The molecule has 0 radical (unpaired) electrons. The van der Waals surface area contributed by atoms with Gasteiger partial charge in [-0.25, -0.2) is 14.2 Å². The molecule has 0 saturated heterocycles. The van der Waals surface area contributed by atoms with Crippen LogP contribution in [0.3, 0.4) is 0 Å². The summed E-state index contributed by atoms with van der Waals surface area (Å²) >= 11 is 0. The standard InChI is InChI=1S/C23H27FN4O2/c1-26(2)12-7-13-27(3)23(29)28-22(16-8-5-4-6-9-16)19-15-30-20-11-10-17(24)14-18(20)21(19)25-28/h4-6,8-11,14,19,22H,7,12-13,15H2,1-3H3/t19-,22+/m0/s1. The minimum Gasteiger partial charge on any atom is -0.492 e. The number of ether oxygens (including phenoxy) is 1. The molecule has 7 heteroatoms. The first-order valence-corrected chi connectivity index (χ1v) is 10.2. The van der Waals surface area contributed by atoms with Crippen LogP contribution in [0.15, 0.2) is 53.6 Å². The van der Waals surface area contributed by atoms with Crippen molar-refractivity contribution < 1.29 is 13.9 Å². The fourth-order valence-corrected chi connectivity index (χ4v) is 4.08. The smallest absolute Gasteiger partial charge is 0.340 e. The van der Waals surface area contributed by atoms with Gasteiger partial charge in [0.25, 0.3) is 0 Å². The number of rotatable bonds is 5. The van der Waals surface area contributed by atoms with Crippen molar-refractivity contribution in [3.8, 4) is 5.75 Å². The molecule has 2 amide bonds. The van der Waals surface area contributed by atoms with Gasteiger partial charge in [-0.1, -0.05) is 30.3 Å². The van der Waals surface area contributed by atoms with Crippen molar-refractivity contribution in [1.82, 2.24) is 14.8 Å². The van der Waals surface area contributed by atoms with E-state index in [1.54, 1.807) is 23.0 Å². The SMILES string of the molecule is CN(C)CCCN(C)C(=O)N1N=C2c3cc(F)ccc3OC[C@@H]2[C@H]1c1ccccc1. The molecule has 0 unspecified atom stereocenters. The number of hydrogen-bond donors (Lipinski definition) is 0. The number of amides is 2. The number of fused-ring (bicyclic) bond motifs is 3. The predicted molar refractivity (Wildman–Crippen MR) is 114 cm³/mol. The Morgan fingerprint density at radius 2 is 1.93 bits per heavy atom. The molecule has 2 heterocycles. The van der Waals surface area contributed by atoms with Crippen molar-refractivity contribution in [3.05, 3.63) is 65.5 Å². The number of halogens is 1. The van der Waals surface area contributed by atoms with Crippen LogP contribution < -0.4 is 4.74 Å². The molecule has 0 fully saturated rings. The lowest BCUT2D eigenvalue weighted by molar-refractivity contribution is 0.132. The lowest BCUT2D eigenvalue weighted by atomic mass is 9.86. The normalized spacial score (nSPS) is 19.8. The molecular weight excluding hydrogens is 383 g/mol. The highest BCUT2D eigenvalue weighted by Crippen LogP contribution is 2.42. The second kappa shape index (κ2) is 8.44. The van der Waals surface area contributed by atoms with Crippen LogP contribution in [-0.2, 0) is 0 Å². The zero-order valence-electron chi connectivity index (χ0n) is 17.6. The van der Waals surface area contributed by atoms with Gasteiger partial charge in [0.2, 0.25) is 0 Å². The van der Waals surface area contributed by atoms with Crippen molar-refractivity contribution in [1.29, 1.82) is 0 Å². The van der Waals surface area contributed by atoms with Crippen molar-refractivity contribution in [3.63, 3.8) is 0 Å². The summed E-state index contributed by atoms with van der Waals surface area (Å²) in [6.07, 6.45) is 0.871. The minimum atomic E-state index is -0.345. The van der Waals surface area contributed by atoms with Crippen molar-refractivity contribution in [2.75, 3.05) is 40.8 Å². The Morgan fingerprint density at radius 3 is 2.67 bits per heavy atom. The molecule has 2 aromatic rings. The Labute approximate surface area is 176 Å². The van der Waals surface area contributed by atoms with Gasteiger partial charge in [0.15, 0.2) is 0 Å². The van der Waals surface area contributed by atoms with Crippen LogP contribution in [0, 0.1) is 11.7 Å². The molecule has 2 aromatic carbocycles. The first-order valence-electron chi connectivity index (χ1n) is 10.2. The molecule has 30 heavy (non-hydrogen) atoms. The van der Waals surface area contributed by atoms with Crippen molar-refractivity contribution in [2.24, 2.45) is 11.0 Å². The van der Waals surface area contributed by atoms with Crippen LogP contribution in [0.25, 0.3) is 0 Å². The van der Waals surface area contributed by atoms with Gasteiger partial charge < -0.3 is 14.5 Å². The van der Waals surface area contributed by atoms with E-state index in [1.165, 1.54) is 12.1 Å². The predicted octanol–water partition coefficient (Wildman–Crippen LogP) is 3.60. The summed E-state index contributed by atoms with van der Waals surface area (Å²) in [5.41, 5.74) is 2.32. The van der Waals surface area contributed by atoms with Crippen LogP contribution in [0.4, 0.5) is 9.18 Å². The van der Waals surface area contributed by atoms with Crippen LogP contribution in [-0.4, -0.2) is 67.4 Å². The lowest BCUT2D eigenvalue weighted by Gasteiger charge is -2.31. The highest BCUT2D eigenvalue weighted by molar-refractivity contribution is 6.07. The summed E-state index contributed by atoms with van der Waals surface area (Å²) in [6.45, 7) is 1.93. The molecule has 2 aliphatic rings. The quantitative estimate of drug-likeness (QED) is 0.757. The number of carbonyl (C=O) groups excluding carboxylic acids is 1. The maximum Gasteiger partial charge on any atom is 0.340 e. The van der Waals surface area contributed by atoms with Crippen LogP contribution in [0.1, 0.15) is 23.6 Å². The summed E-state index contributed by atoms with van der Waals surface area (Å²) in [4.78, 5) is 17.1. The van der Waals surface area contributed by atoms with Gasteiger partial charge in [-0.05, 0) is 50.8 Å². The third-order valence-corrected chi connectivity index (χ3v) is 5.61. The van der Waals surface area contributed by atoms with Gasteiger partial charge in [-0.2, -0.15) is 5.10 Å². The molecule has 2 aliphatic heterocycles. The Balaban J connectivity index is 1.67. The molecule has 0 aromatic heterocycles. The first kappa shape index (κ1) is 20.3. The molecule has 0 aliphatic carbocycles. The summed E-state index contributed by atoms with van der Waals surface area (Å²) < 4.78 is 19.9. The maximum atomic E-state index is 14.0. The highest BCUT2D eigenvalue weighted by atomic mass is 19.1. The van der Waals surface area contributed by atoms with Crippen LogP contribution in [0.5, 0.6) is 5.75 Å². The molecule has 0 N–H and O–H groups in total. The monoisotopic (exact) mass is 410 g/mol. The Bertz CT molecular complexity index is 947. The van der Waals surface area contributed by atoms with Gasteiger partial charge in [0, 0.05) is 19.2 Å². The molecular formula is C23H27FN4O2. The molecule has 158 valence electrons. The molecule has 0 saturated carbocycles. The second-order valence-electron chi connectivity index (χ2n) is 8.10. The van der Waals surface area contributed by atoms with Crippen LogP contribution >= 0.6 is 0 Å². The highest BCUT2D eigenvalue weighted by Gasteiger charge is 2.45. The van der Waals surface area contributed by atoms with E-state index in [1.807, 2.05) is 44.4 Å². The number of urea groups is 1. The van der Waals surface area contributed by atoms with Gasteiger partial charge in [-0.3, -0.25) is 0 Å². The molecule has 0 bridgehead atoms. The third-order valence-electron chi connectivity index (χ3n) is 5.61. The Morgan fingerprint density at radius 1 is 1.17 bits per heavy atom. The molecule has 2 atom stereocenters. The molecule has 6 nitrogen and oxygen atoms in total. The van der Waals surface area contributed by atoms with Gasteiger partial charge in [0.1, 0.15) is 11.6 Å². The van der Waals surface area contributed by atoms with Crippen molar-refractivity contribution >= 4 is 11.7 Å². The maximum absolute atomic E-state index is 14.0. The fraction of sp³-hybridized carbons (Fsp3) is 0.391. The van der Waals surface area contributed by atoms with Crippen molar-refractivity contribution in [2.45, 2.75) is 12.5 Å². The van der Waals surface area contributed by atoms with E-state index in [4.69, 9.17) is 9.84 Å². The average Bonchev–Trinajstić information content (AvgIpc) is 3.13. The zero-order valence-corrected chi connectivity index (χ0v) is 17.6. The van der Waals surface area contributed by atoms with E-state index in [9.17, 15) is 9.18 Å². The summed E-state index contributed by atoms with van der Waals surface area (Å²) in [6, 6.07) is 13.8. The number of hydrogen-bond acceptors (Lipinski definition) is 4. The van der Waals surface area contributed by atoms with E-state index < -0.39 is 0 Å². The van der Waals surface area contributed by atoms with E-state index in [0.29, 0.717) is 30.2 Å². The molecule has 0 spiro atoms. The lowest BCUT2D eigenvalue weighted by Crippen LogP contribution is -2.41. The van der Waals surface area contributed by atoms with Gasteiger partial charge in [0.05, 0.1) is 24.3 Å². The number of nitrogens with zero attached hydrogens (tertiary/aromatic N) is 4. The largest absolute Gasteiger partial charge is 0.492 e. The number of hydrazone groups is 1. The van der Waals surface area contributed by atoms with E-state index in [2.05, 4.69) is 4.90 Å². The van der Waals surface area contributed by atoms with E-state index in [-0.39, 0.29) is 23.8 Å². The summed E-state index contributed by atoms with van der Waals surface area (Å²) in [5.74, 6) is 0.107. The Kier molecular flexibility index (Phi) is 5.72. The van der Waals surface area contributed by atoms with E-state index >= 15 is 0 Å². The first-order chi connectivity index (χ1) is 14.5. The topological polar surface area (TPSA) is 48.4 Å². The summed E-state index contributed by atoms with van der Waals surface area (Å²) in [7, 11) is 5.83. The average molecular weight is 410 g/mol. The second-order valence-corrected chi connectivity index (χ2v) is 8.10. The molecule has 4 rings (SSSR count). The van der Waals surface area contributed by atoms with Gasteiger partial charge in [-0.15, -0.1) is 0 Å². The zero-order chi connectivity index (χ0) is 21.3. The fourth-order valence-electron chi connectivity index (χ4n) is 4.08. The minimum absolute atomic E-state index is 0.152. The number of benzene rings is 2.